The molecule has 0 saturated heterocycles. The molecule has 0 aromatic heterocycles. The highest BCUT2D eigenvalue weighted by molar-refractivity contribution is 5.79. The fourth-order valence-electron chi connectivity index (χ4n) is 4.54. The number of amides is 1. The van der Waals surface area contributed by atoms with Crippen LogP contribution in [0.1, 0.15) is 36.8 Å². The van der Waals surface area contributed by atoms with Gasteiger partial charge in [-0.1, -0.05) is 61.9 Å². The van der Waals surface area contributed by atoms with Gasteiger partial charge in [-0.05, 0) is 28.7 Å². The van der Waals surface area contributed by atoms with Gasteiger partial charge in [0.15, 0.2) is 0 Å². The minimum Gasteiger partial charge on any atom is -0.449 e. The molecule has 1 N–H and O–H groups in total. The molecule has 0 unspecified atom stereocenters. The first-order valence-electron chi connectivity index (χ1n) is 15.4. The summed E-state index contributed by atoms with van der Waals surface area (Å²) in [7, 11) is 0. The Morgan fingerprint density at radius 2 is 0.977 bits per heavy atom. The summed E-state index contributed by atoms with van der Waals surface area (Å²) in [5.74, 6) is 0.0459. The van der Waals surface area contributed by atoms with E-state index in [1.807, 2.05) is 24.3 Å². The number of benzene rings is 2. The molecule has 0 radical (unpaired) electrons. The topological polar surface area (TPSA) is 103 Å². The summed E-state index contributed by atoms with van der Waals surface area (Å²) >= 11 is 0. The quantitative estimate of drug-likeness (QED) is 0.156. The zero-order chi connectivity index (χ0) is 30.2. The molecule has 1 aliphatic rings. The molecule has 0 fully saturated rings. The molecular formula is C33H49NO9. The fraction of sp³-hybridized carbons (Fsp3) is 0.606. The minimum absolute atomic E-state index is 0.0459. The van der Waals surface area contributed by atoms with E-state index in [1.165, 1.54) is 22.3 Å². The molecule has 0 heterocycles. The van der Waals surface area contributed by atoms with Crippen molar-refractivity contribution in [3.63, 3.8) is 0 Å². The summed E-state index contributed by atoms with van der Waals surface area (Å²) in [5, 5.41) is 2.74. The van der Waals surface area contributed by atoms with Crippen molar-refractivity contribution in [3.05, 3.63) is 59.7 Å². The lowest BCUT2D eigenvalue weighted by Gasteiger charge is -2.14. The number of hydrogen-bond donors (Lipinski definition) is 1. The number of rotatable bonds is 26. The van der Waals surface area contributed by atoms with Gasteiger partial charge in [-0.25, -0.2) is 4.79 Å². The van der Waals surface area contributed by atoms with E-state index < -0.39 is 6.09 Å². The number of carbonyl (C=O) groups excluding carboxylic acids is 1. The van der Waals surface area contributed by atoms with Gasteiger partial charge in [0.1, 0.15) is 6.61 Å². The third kappa shape index (κ3) is 14.2. The highest BCUT2D eigenvalue weighted by Gasteiger charge is 2.28. The van der Waals surface area contributed by atoms with E-state index in [1.54, 1.807) is 0 Å². The van der Waals surface area contributed by atoms with Crippen molar-refractivity contribution in [2.24, 2.45) is 0 Å². The molecule has 240 valence electrons. The first kappa shape index (κ1) is 34.9. The molecular weight excluding hydrogens is 554 g/mol. The van der Waals surface area contributed by atoms with E-state index in [-0.39, 0.29) is 5.92 Å². The maximum atomic E-state index is 12.2. The van der Waals surface area contributed by atoms with Crippen molar-refractivity contribution in [3.8, 4) is 11.1 Å². The van der Waals surface area contributed by atoms with Crippen LogP contribution in [0.5, 0.6) is 0 Å². The molecule has 1 aliphatic carbocycles. The zero-order valence-electron chi connectivity index (χ0n) is 25.6. The standard InChI is InChI=1S/C33H49NO9/c1-2-3-13-36-15-17-38-19-21-40-23-25-42-26-24-41-22-20-39-18-16-37-14-12-34-33(35)43-27-32-30-10-6-4-8-28(30)29-9-5-7-11-31(29)32/h4-11,32H,2-3,12-27H2,1H3,(H,34,35). The molecule has 0 saturated carbocycles. The van der Waals surface area contributed by atoms with Crippen LogP contribution in [0.4, 0.5) is 4.79 Å². The molecule has 0 bridgehead atoms. The molecule has 10 nitrogen and oxygen atoms in total. The second-order valence-electron chi connectivity index (χ2n) is 9.89. The van der Waals surface area contributed by atoms with Crippen molar-refractivity contribution in [1.29, 1.82) is 0 Å². The Morgan fingerprint density at radius 1 is 0.581 bits per heavy atom. The molecule has 2 aromatic carbocycles. The van der Waals surface area contributed by atoms with E-state index in [9.17, 15) is 4.79 Å². The normalized spacial score (nSPS) is 12.3. The Labute approximate surface area is 256 Å². The number of ether oxygens (including phenoxy) is 8. The van der Waals surface area contributed by atoms with Crippen LogP contribution in [0.2, 0.25) is 0 Å². The first-order chi connectivity index (χ1) is 21.3. The molecule has 10 heteroatoms. The second kappa shape index (κ2) is 22.9. The van der Waals surface area contributed by atoms with Gasteiger partial charge >= 0.3 is 6.09 Å². The number of hydrogen-bond acceptors (Lipinski definition) is 9. The van der Waals surface area contributed by atoms with Gasteiger partial charge in [-0.2, -0.15) is 0 Å². The third-order valence-corrected chi connectivity index (χ3v) is 6.73. The lowest BCUT2D eigenvalue weighted by molar-refractivity contribution is -0.0204. The van der Waals surface area contributed by atoms with Gasteiger partial charge in [0.25, 0.3) is 0 Å². The van der Waals surface area contributed by atoms with E-state index in [2.05, 4.69) is 36.5 Å². The molecule has 0 aliphatic heterocycles. The summed E-state index contributed by atoms with van der Waals surface area (Å²) in [6.07, 6.45) is 1.79. The first-order valence-corrected chi connectivity index (χ1v) is 15.4. The predicted octanol–water partition coefficient (Wildman–Crippen LogP) is 4.44. The van der Waals surface area contributed by atoms with Crippen LogP contribution >= 0.6 is 0 Å². The highest BCUT2D eigenvalue weighted by Crippen LogP contribution is 2.44. The zero-order valence-corrected chi connectivity index (χ0v) is 25.6. The van der Waals surface area contributed by atoms with Gasteiger partial charge in [0.05, 0.1) is 85.9 Å². The van der Waals surface area contributed by atoms with Gasteiger partial charge in [0.2, 0.25) is 0 Å². The van der Waals surface area contributed by atoms with Gasteiger partial charge in [-0.3, -0.25) is 0 Å². The molecule has 1 amide bonds. The summed E-state index contributed by atoms with van der Waals surface area (Å²) in [5.41, 5.74) is 4.80. The van der Waals surface area contributed by atoms with Gasteiger partial charge < -0.3 is 43.2 Å². The number of nitrogens with one attached hydrogen (secondary N) is 1. The largest absolute Gasteiger partial charge is 0.449 e. The maximum Gasteiger partial charge on any atom is 0.407 e. The fourth-order valence-corrected chi connectivity index (χ4v) is 4.54. The van der Waals surface area contributed by atoms with Crippen molar-refractivity contribution in [1.82, 2.24) is 5.32 Å². The molecule has 0 spiro atoms. The average molecular weight is 604 g/mol. The average Bonchev–Trinajstić information content (AvgIpc) is 3.35. The van der Waals surface area contributed by atoms with Crippen LogP contribution in [0.3, 0.4) is 0 Å². The Hall–Kier alpha value is -2.57. The monoisotopic (exact) mass is 603 g/mol. The van der Waals surface area contributed by atoms with Crippen molar-refractivity contribution in [2.75, 3.05) is 106 Å². The number of carbonyl (C=O) groups is 1. The lowest BCUT2D eigenvalue weighted by Crippen LogP contribution is -2.29. The molecule has 0 atom stereocenters. The van der Waals surface area contributed by atoms with Crippen LogP contribution in [0, 0.1) is 0 Å². The smallest absolute Gasteiger partial charge is 0.407 e. The second-order valence-corrected chi connectivity index (χ2v) is 9.89. The minimum atomic E-state index is -0.445. The lowest BCUT2D eigenvalue weighted by atomic mass is 9.98. The predicted molar refractivity (Wildman–Crippen MR) is 164 cm³/mol. The molecule has 2 aromatic rings. The maximum absolute atomic E-state index is 12.2. The van der Waals surface area contributed by atoms with E-state index in [4.69, 9.17) is 37.9 Å². The van der Waals surface area contributed by atoms with Gasteiger partial charge in [-0.15, -0.1) is 0 Å². The Bertz CT molecular complexity index is 960. The van der Waals surface area contributed by atoms with Crippen molar-refractivity contribution >= 4 is 6.09 Å². The number of unbranched alkanes of at least 4 members (excludes halogenated alkanes) is 1. The molecule has 3 rings (SSSR count). The number of alkyl carbamates (subject to hydrolysis) is 1. The van der Waals surface area contributed by atoms with Crippen LogP contribution in [0.15, 0.2) is 48.5 Å². The van der Waals surface area contributed by atoms with E-state index in [0.29, 0.717) is 99.0 Å². The van der Waals surface area contributed by atoms with Crippen LogP contribution < -0.4 is 5.32 Å². The Morgan fingerprint density at radius 3 is 1.42 bits per heavy atom. The SMILES string of the molecule is CCCCOCCOCCOCCOCCOCCOCCOCCNC(=O)OCC1c2ccccc2-c2ccccc21. The molecule has 43 heavy (non-hydrogen) atoms. The van der Waals surface area contributed by atoms with Crippen molar-refractivity contribution in [2.45, 2.75) is 25.7 Å². The Balaban J connectivity index is 1.03. The van der Waals surface area contributed by atoms with Gasteiger partial charge in [0, 0.05) is 19.1 Å². The van der Waals surface area contributed by atoms with Crippen LogP contribution in [-0.2, 0) is 37.9 Å². The summed E-state index contributed by atoms with van der Waals surface area (Å²) in [4.78, 5) is 12.2. The summed E-state index contributed by atoms with van der Waals surface area (Å²) < 4.78 is 43.8. The van der Waals surface area contributed by atoms with E-state index in [0.717, 1.165) is 19.4 Å². The Kier molecular flexibility index (Phi) is 18.6. The van der Waals surface area contributed by atoms with Crippen LogP contribution in [-0.4, -0.2) is 112 Å². The van der Waals surface area contributed by atoms with E-state index >= 15 is 0 Å². The number of fused-ring (bicyclic) bond motifs is 3. The van der Waals surface area contributed by atoms with Crippen molar-refractivity contribution < 1.29 is 42.7 Å². The summed E-state index contributed by atoms with van der Waals surface area (Å²) in [6, 6.07) is 16.5. The summed E-state index contributed by atoms with van der Waals surface area (Å²) in [6.45, 7) is 10.2. The van der Waals surface area contributed by atoms with Crippen LogP contribution in [0.25, 0.3) is 11.1 Å². The highest BCUT2D eigenvalue weighted by atomic mass is 16.6. The third-order valence-electron chi connectivity index (χ3n) is 6.73.